The van der Waals surface area contributed by atoms with E-state index in [4.69, 9.17) is 4.52 Å². The minimum absolute atomic E-state index is 0. The maximum Gasteiger partial charge on any atom is 0.269 e. The van der Waals surface area contributed by atoms with Crippen molar-refractivity contribution in [2.75, 3.05) is 26.7 Å². The molecule has 0 bridgehead atoms. The van der Waals surface area contributed by atoms with E-state index in [2.05, 4.69) is 25.5 Å². The maximum atomic E-state index is 10.9. The number of piperazine rings is 1. The molecule has 1 aliphatic heterocycles. The zero-order valence-electron chi connectivity index (χ0n) is 15.4. The number of hydrogen-bond donors (Lipinski definition) is 1. The Morgan fingerprint density at radius 1 is 1.29 bits per heavy atom. The number of nitro benzene ring substituents is 1. The van der Waals surface area contributed by atoms with Crippen LogP contribution in [0.3, 0.4) is 0 Å². The van der Waals surface area contributed by atoms with Gasteiger partial charge in [0.25, 0.3) is 11.6 Å². The Kier molecular flexibility index (Phi) is 5.73. The van der Waals surface area contributed by atoms with Gasteiger partial charge in [0.1, 0.15) is 5.69 Å². The van der Waals surface area contributed by atoms with Gasteiger partial charge in [-0.3, -0.25) is 19.7 Å². The molecule has 1 saturated heterocycles. The van der Waals surface area contributed by atoms with Crippen LogP contribution in [0.4, 0.5) is 5.69 Å². The molecule has 1 N–H and O–H groups in total. The van der Waals surface area contributed by atoms with Crippen LogP contribution in [0.2, 0.25) is 0 Å². The molecule has 1 aromatic carbocycles. The number of aromatic nitrogens is 4. The first-order valence-electron chi connectivity index (χ1n) is 8.56. The molecule has 3 heterocycles. The molecular weight excluding hydrogens is 386 g/mol. The number of nitrogens with one attached hydrogen (secondary N) is 1. The van der Waals surface area contributed by atoms with E-state index in [-0.39, 0.29) is 24.1 Å². The third kappa shape index (κ3) is 3.75. The van der Waals surface area contributed by atoms with Crippen LogP contribution in [0.1, 0.15) is 11.9 Å². The second-order valence-electron chi connectivity index (χ2n) is 6.53. The van der Waals surface area contributed by atoms with Gasteiger partial charge >= 0.3 is 0 Å². The summed E-state index contributed by atoms with van der Waals surface area (Å²) in [5.41, 5.74) is 2.10. The van der Waals surface area contributed by atoms with Crippen molar-refractivity contribution >= 4 is 18.1 Å². The summed E-state index contributed by atoms with van der Waals surface area (Å²) in [4.78, 5) is 17.2. The summed E-state index contributed by atoms with van der Waals surface area (Å²) in [5.74, 6) is 1.00. The molecule has 10 nitrogen and oxygen atoms in total. The quantitative estimate of drug-likeness (QED) is 0.518. The molecule has 1 fully saturated rings. The van der Waals surface area contributed by atoms with E-state index >= 15 is 0 Å². The normalized spacial score (nSPS) is 17.3. The molecular formula is C17H20ClN7O3. The van der Waals surface area contributed by atoms with E-state index in [1.807, 2.05) is 7.05 Å². The van der Waals surface area contributed by atoms with Gasteiger partial charge in [0.05, 0.1) is 16.5 Å². The van der Waals surface area contributed by atoms with Gasteiger partial charge in [-0.25, -0.2) is 0 Å². The zero-order chi connectivity index (χ0) is 19.0. The lowest BCUT2D eigenvalue weighted by molar-refractivity contribution is -0.384. The smallest absolute Gasteiger partial charge is 0.269 e. The Hall–Kier alpha value is -2.82. The van der Waals surface area contributed by atoms with Gasteiger partial charge in [-0.15, -0.1) is 12.4 Å². The lowest BCUT2D eigenvalue weighted by atomic mass is 10.1. The third-order valence-electron chi connectivity index (χ3n) is 4.66. The Labute approximate surface area is 167 Å². The largest absolute Gasteiger partial charge is 0.334 e. The molecule has 0 spiro atoms. The fourth-order valence-electron chi connectivity index (χ4n) is 3.17. The summed E-state index contributed by atoms with van der Waals surface area (Å²) in [5, 5.41) is 22.8. The summed E-state index contributed by atoms with van der Waals surface area (Å²) < 4.78 is 7.17. The van der Waals surface area contributed by atoms with Crippen LogP contribution < -0.4 is 5.32 Å². The lowest BCUT2D eigenvalue weighted by Gasteiger charge is -2.30. The summed E-state index contributed by atoms with van der Waals surface area (Å²) in [6.07, 6.45) is 1.80. The van der Waals surface area contributed by atoms with Gasteiger partial charge in [0.15, 0.2) is 5.82 Å². The number of rotatable bonds is 4. The molecule has 28 heavy (non-hydrogen) atoms. The van der Waals surface area contributed by atoms with E-state index in [9.17, 15) is 10.1 Å². The Morgan fingerprint density at radius 2 is 2.04 bits per heavy atom. The Bertz CT molecular complexity index is 970. The van der Waals surface area contributed by atoms with Gasteiger partial charge < -0.3 is 9.84 Å². The van der Waals surface area contributed by atoms with Crippen molar-refractivity contribution in [3.63, 3.8) is 0 Å². The maximum absolute atomic E-state index is 10.9. The monoisotopic (exact) mass is 405 g/mol. The SMILES string of the molecule is CN1CCNCC1c1noc(-c2cn(C)nc2-c2ccc([N+](=O)[O-])cc2)n1.Cl. The number of aryl methyl sites for hydroxylation is 1. The van der Waals surface area contributed by atoms with Gasteiger partial charge in [0.2, 0.25) is 0 Å². The van der Waals surface area contributed by atoms with Crippen molar-refractivity contribution in [3.8, 4) is 22.7 Å². The van der Waals surface area contributed by atoms with Crippen LogP contribution in [0, 0.1) is 10.1 Å². The number of likely N-dealkylation sites (N-methyl/N-ethyl adjacent to an activating group) is 1. The predicted molar refractivity (Wildman–Crippen MR) is 104 cm³/mol. The van der Waals surface area contributed by atoms with Crippen LogP contribution in [0.15, 0.2) is 35.0 Å². The minimum Gasteiger partial charge on any atom is -0.334 e. The first-order chi connectivity index (χ1) is 13.0. The van der Waals surface area contributed by atoms with Crippen LogP contribution >= 0.6 is 12.4 Å². The number of non-ortho nitro benzene ring substituents is 1. The Balaban J connectivity index is 0.00000225. The fraction of sp³-hybridized carbons (Fsp3) is 0.353. The first kappa shape index (κ1) is 19.9. The third-order valence-corrected chi connectivity index (χ3v) is 4.66. The second kappa shape index (κ2) is 8.05. The van der Waals surface area contributed by atoms with Crippen molar-refractivity contribution < 1.29 is 9.45 Å². The van der Waals surface area contributed by atoms with Crippen LogP contribution in [0.5, 0.6) is 0 Å². The van der Waals surface area contributed by atoms with Crippen LogP contribution in [-0.2, 0) is 7.05 Å². The zero-order valence-corrected chi connectivity index (χ0v) is 16.2. The molecule has 0 radical (unpaired) electrons. The molecule has 0 saturated carbocycles. The van der Waals surface area contributed by atoms with Crippen molar-refractivity contribution in [2.45, 2.75) is 6.04 Å². The second-order valence-corrected chi connectivity index (χ2v) is 6.53. The number of benzene rings is 1. The molecule has 4 rings (SSSR count). The van der Waals surface area contributed by atoms with Gasteiger partial charge in [-0.2, -0.15) is 10.1 Å². The molecule has 2 aromatic heterocycles. The predicted octanol–water partition coefficient (Wildman–Crippen LogP) is 2.04. The van der Waals surface area contributed by atoms with E-state index in [1.165, 1.54) is 12.1 Å². The van der Waals surface area contributed by atoms with E-state index in [1.54, 1.807) is 30.1 Å². The molecule has 1 aliphatic rings. The lowest BCUT2D eigenvalue weighted by Crippen LogP contribution is -2.44. The van der Waals surface area contributed by atoms with Crippen molar-refractivity contribution in [3.05, 3.63) is 46.4 Å². The van der Waals surface area contributed by atoms with E-state index in [0.717, 1.165) is 25.2 Å². The van der Waals surface area contributed by atoms with E-state index < -0.39 is 4.92 Å². The molecule has 148 valence electrons. The average Bonchev–Trinajstić information content (AvgIpc) is 3.29. The molecule has 0 aliphatic carbocycles. The molecule has 3 aromatic rings. The standard InChI is InChI=1S/C17H19N7O3.ClH/c1-22-8-7-18-9-14(22)16-19-17(27-21-16)13-10-23(2)20-15(13)11-3-5-12(6-4-11)24(25)26;/h3-6,10,14,18H,7-9H2,1-2H3;1H. The number of nitro groups is 1. The highest BCUT2D eigenvalue weighted by atomic mass is 35.5. The van der Waals surface area contributed by atoms with Gasteiger partial charge in [-0.1, -0.05) is 5.16 Å². The highest BCUT2D eigenvalue weighted by Crippen LogP contribution is 2.31. The van der Waals surface area contributed by atoms with Crippen molar-refractivity contribution in [1.29, 1.82) is 0 Å². The average molecular weight is 406 g/mol. The summed E-state index contributed by atoms with van der Waals surface area (Å²) in [7, 11) is 3.84. The van der Waals surface area contributed by atoms with Gasteiger partial charge in [-0.05, 0) is 19.2 Å². The molecule has 0 amide bonds. The highest BCUT2D eigenvalue weighted by molar-refractivity contribution is 5.85. The molecule has 1 atom stereocenters. The minimum atomic E-state index is -0.428. The summed E-state index contributed by atoms with van der Waals surface area (Å²) >= 11 is 0. The summed E-state index contributed by atoms with van der Waals surface area (Å²) in [6, 6.07) is 6.29. The highest BCUT2D eigenvalue weighted by Gasteiger charge is 2.27. The molecule has 1 unspecified atom stereocenters. The van der Waals surface area contributed by atoms with Crippen molar-refractivity contribution in [1.82, 2.24) is 30.1 Å². The van der Waals surface area contributed by atoms with Crippen LogP contribution in [-0.4, -0.2) is 56.4 Å². The van der Waals surface area contributed by atoms with Crippen molar-refractivity contribution in [2.24, 2.45) is 7.05 Å². The molecule has 11 heteroatoms. The van der Waals surface area contributed by atoms with E-state index in [0.29, 0.717) is 23.0 Å². The number of nitrogens with zero attached hydrogens (tertiary/aromatic N) is 6. The number of hydrogen-bond acceptors (Lipinski definition) is 8. The Morgan fingerprint density at radius 3 is 2.71 bits per heavy atom. The topological polar surface area (TPSA) is 115 Å². The number of halogens is 1. The first-order valence-corrected chi connectivity index (χ1v) is 8.56. The van der Waals surface area contributed by atoms with Gasteiger partial charge in [0, 0.05) is 50.6 Å². The van der Waals surface area contributed by atoms with Crippen LogP contribution in [0.25, 0.3) is 22.7 Å². The summed E-state index contributed by atoms with van der Waals surface area (Å²) in [6.45, 7) is 2.61. The fourth-order valence-corrected chi connectivity index (χ4v) is 3.17.